The lowest BCUT2D eigenvalue weighted by atomic mass is 10.0. The highest BCUT2D eigenvalue weighted by atomic mass is 32.1. The summed E-state index contributed by atoms with van der Waals surface area (Å²) in [5.41, 5.74) is 0.881. The zero-order valence-corrected chi connectivity index (χ0v) is 21.4. The third kappa shape index (κ3) is 4.12. The first-order valence-corrected chi connectivity index (χ1v) is 12.1. The molecule has 0 saturated heterocycles. The van der Waals surface area contributed by atoms with E-state index in [1.54, 1.807) is 15.3 Å². The van der Waals surface area contributed by atoms with Crippen LogP contribution < -0.4 is 11.2 Å². The second-order valence-corrected chi connectivity index (χ2v) is 10.0. The summed E-state index contributed by atoms with van der Waals surface area (Å²) in [6, 6.07) is 7.55. The third-order valence-electron chi connectivity index (χ3n) is 6.05. The van der Waals surface area contributed by atoms with Gasteiger partial charge in [-0.2, -0.15) is 0 Å². The van der Waals surface area contributed by atoms with Crippen LogP contribution in [0.4, 0.5) is 0 Å². The molecule has 1 aromatic carbocycles. The van der Waals surface area contributed by atoms with Crippen molar-refractivity contribution >= 4 is 44.3 Å². The molecule has 0 aliphatic rings. The molecule has 3 heterocycles. The van der Waals surface area contributed by atoms with E-state index in [4.69, 9.17) is 4.84 Å². The van der Waals surface area contributed by atoms with Gasteiger partial charge in [0.15, 0.2) is 0 Å². The predicted octanol–water partition coefficient (Wildman–Crippen LogP) is 3.26. The van der Waals surface area contributed by atoms with Crippen molar-refractivity contribution in [2.45, 2.75) is 33.7 Å². The minimum Gasteiger partial charge on any atom is -0.287 e. The summed E-state index contributed by atoms with van der Waals surface area (Å²) in [4.78, 5) is 58.2. The Morgan fingerprint density at radius 1 is 1.17 bits per heavy atom. The summed E-state index contributed by atoms with van der Waals surface area (Å²) >= 11 is 1.26. The molecule has 4 rings (SSSR count). The van der Waals surface area contributed by atoms with Crippen LogP contribution in [0.5, 0.6) is 0 Å². The molecule has 184 valence electrons. The van der Waals surface area contributed by atoms with Crippen LogP contribution in [0, 0.1) is 5.92 Å². The van der Waals surface area contributed by atoms with Gasteiger partial charge in [-0.3, -0.25) is 32.9 Å². The lowest BCUT2D eigenvalue weighted by Gasteiger charge is -2.15. The van der Waals surface area contributed by atoms with Crippen LogP contribution in [0.3, 0.4) is 0 Å². The first-order chi connectivity index (χ1) is 16.6. The number of carbonyl (C=O) groups is 2. The van der Waals surface area contributed by atoms with Gasteiger partial charge in [0.05, 0.1) is 23.6 Å². The first kappa shape index (κ1) is 24.6. The van der Waals surface area contributed by atoms with Crippen molar-refractivity contribution in [3.05, 3.63) is 67.3 Å². The van der Waals surface area contributed by atoms with Gasteiger partial charge in [0.1, 0.15) is 4.83 Å². The Morgan fingerprint density at radius 3 is 2.49 bits per heavy atom. The van der Waals surface area contributed by atoms with Crippen molar-refractivity contribution in [3.8, 4) is 0 Å². The van der Waals surface area contributed by atoms with Gasteiger partial charge < -0.3 is 0 Å². The number of nitrogens with zero attached hydrogens (tertiary/aromatic N) is 4. The molecule has 0 fully saturated rings. The van der Waals surface area contributed by atoms with E-state index in [1.807, 2.05) is 38.1 Å². The first-order valence-electron chi connectivity index (χ1n) is 11.2. The molecule has 0 radical (unpaired) electrons. The summed E-state index contributed by atoms with van der Waals surface area (Å²) in [6.45, 7) is 5.87. The number of hydroxylamine groups is 2. The summed E-state index contributed by atoms with van der Waals surface area (Å²) < 4.78 is 4.19. The van der Waals surface area contributed by atoms with E-state index < -0.39 is 17.2 Å². The zero-order valence-electron chi connectivity index (χ0n) is 20.6. The largest absolute Gasteiger partial charge is 0.331 e. The van der Waals surface area contributed by atoms with Crippen LogP contribution in [-0.2, 0) is 24.9 Å². The molecule has 9 nitrogen and oxygen atoms in total. The maximum absolute atomic E-state index is 13.4. The van der Waals surface area contributed by atoms with Gasteiger partial charge in [-0.25, -0.2) is 9.86 Å². The Bertz CT molecular complexity index is 1590. The number of para-hydroxylation sites is 1. The minimum atomic E-state index is -0.522. The molecule has 35 heavy (non-hydrogen) atoms. The number of hydrogen-bond acceptors (Lipinski definition) is 6. The molecular weight excluding hydrogens is 468 g/mol. The van der Waals surface area contributed by atoms with Crippen LogP contribution in [-0.4, -0.2) is 44.7 Å². The standard InChI is InChI=1S/C25H28N4O5S/c1-14(2)12-29-24-21(22(31)26(4)25(29)33)20(23(32)27(5)34-6)19(35-24)11-16-13-28(15(3)30)18-10-8-7-9-17(16)18/h7-10,13-14H,11-12H2,1-6H3. The van der Waals surface area contributed by atoms with E-state index in [1.165, 1.54) is 39.5 Å². The SMILES string of the molecule is CON(C)C(=O)c1c(Cc2cn(C(C)=O)c3ccccc23)sc2c1c(=O)n(C)c(=O)n2CC(C)C. The lowest BCUT2D eigenvalue weighted by Crippen LogP contribution is -2.39. The molecule has 4 aromatic rings. The number of amides is 1. The fourth-order valence-corrected chi connectivity index (χ4v) is 5.62. The van der Waals surface area contributed by atoms with Crippen molar-refractivity contribution < 1.29 is 14.4 Å². The minimum absolute atomic E-state index is 0.126. The summed E-state index contributed by atoms with van der Waals surface area (Å²) in [7, 11) is 4.28. The molecule has 10 heteroatoms. The monoisotopic (exact) mass is 496 g/mol. The molecule has 0 aliphatic carbocycles. The van der Waals surface area contributed by atoms with E-state index in [0.29, 0.717) is 22.7 Å². The molecule has 3 aromatic heterocycles. The van der Waals surface area contributed by atoms with E-state index >= 15 is 0 Å². The predicted molar refractivity (Wildman–Crippen MR) is 136 cm³/mol. The van der Waals surface area contributed by atoms with Crippen LogP contribution in [0.2, 0.25) is 0 Å². The molecule has 0 unspecified atom stereocenters. The van der Waals surface area contributed by atoms with E-state index in [2.05, 4.69) is 0 Å². The maximum atomic E-state index is 13.4. The Labute approximate surface area is 205 Å². The van der Waals surface area contributed by atoms with Crippen molar-refractivity contribution in [3.63, 3.8) is 0 Å². The van der Waals surface area contributed by atoms with Gasteiger partial charge in [-0.05, 0) is 17.5 Å². The van der Waals surface area contributed by atoms with Crippen molar-refractivity contribution in [1.82, 2.24) is 18.8 Å². The average Bonchev–Trinajstić information content (AvgIpc) is 3.38. The van der Waals surface area contributed by atoms with Crippen LogP contribution in [0.15, 0.2) is 40.1 Å². The Balaban J connectivity index is 2.05. The summed E-state index contributed by atoms with van der Waals surface area (Å²) in [5, 5.41) is 2.16. The molecule has 0 aliphatic heterocycles. The number of rotatable bonds is 6. The molecule has 0 bridgehead atoms. The summed E-state index contributed by atoms with van der Waals surface area (Å²) in [5.74, 6) is -0.456. The number of aromatic nitrogens is 3. The Hall–Kier alpha value is -3.50. The van der Waals surface area contributed by atoms with Crippen molar-refractivity contribution in [1.29, 1.82) is 0 Å². The maximum Gasteiger partial charge on any atom is 0.331 e. The van der Waals surface area contributed by atoms with Crippen molar-refractivity contribution in [2.24, 2.45) is 13.0 Å². The number of benzene rings is 1. The Kier molecular flexibility index (Phi) is 6.52. The van der Waals surface area contributed by atoms with Gasteiger partial charge in [-0.15, -0.1) is 11.3 Å². The highest BCUT2D eigenvalue weighted by molar-refractivity contribution is 7.19. The van der Waals surface area contributed by atoms with Crippen LogP contribution in [0.25, 0.3) is 21.1 Å². The van der Waals surface area contributed by atoms with Gasteiger partial charge in [0.25, 0.3) is 11.5 Å². The molecule has 0 N–H and O–H groups in total. The topological polar surface area (TPSA) is 95.5 Å². The molecular formula is C25H28N4O5S. The van der Waals surface area contributed by atoms with Crippen LogP contribution in [0.1, 0.15) is 46.4 Å². The fraction of sp³-hybridized carbons (Fsp3) is 0.360. The van der Waals surface area contributed by atoms with Gasteiger partial charge in [0, 0.05) is 50.4 Å². The Morgan fingerprint density at radius 2 is 1.86 bits per heavy atom. The van der Waals surface area contributed by atoms with Gasteiger partial charge in [-0.1, -0.05) is 32.0 Å². The van der Waals surface area contributed by atoms with Gasteiger partial charge >= 0.3 is 5.69 Å². The zero-order chi connectivity index (χ0) is 25.6. The quantitative estimate of drug-likeness (QED) is 0.382. The fourth-order valence-electron chi connectivity index (χ4n) is 4.32. The number of thiophene rings is 1. The van der Waals surface area contributed by atoms with Crippen molar-refractivity contribution in [2.75, 3.05) is 14.2 Å². The second kappa shape index (κ2) is 9.27. The number of hydrogen-bond donors (Lipinski definition) is 0. The number of fused-ring (bicyclic) bond motifs is 2. The molecule has 0 atom stereocenters. The highest BCUT2D eigenvalue weighted by Crippen LogP contribution is 2.34. The van der Waals surface area contributed by atoms with Gasteiger partial charge in [0.2, 0.25) is 5.91 Å². The normalized spacial score (nSPS) is 11.6. The third-order valence-corrected chi connectivity index (χ3v) is 7.26. The van der Waals surface area contributed by atoms with E-state index in [-0.39, 0.29) is 22.8 Å². The molecule has 0 saturated carbocycles. The number of carbonyl (C=O) groups excluding carboxylic acids is 2. The second-order valence-electron chi connectivity index (χ2n) is 8.95. The average molecular weight is 497 g/mol. The van der Waals surface area contributed by atoms with Crippen LogP contribution >= 0.6 is 11.3 Å². The summed E-state index contributed by atoms with van der Waals surface area (Å²) in [6.07, 6.45) is 2.07. The lowest BCUT2D eigenvalue weighted by molar-refractivity contribution is -0.0756. The smallest absolute Gasteiger partial charge is 0.287 e. The highest BCUT2D eigenvalue weighted by Gasteiger charge is 2.28. The molecule has 0 spiro atoms. The molecule has 1 amide bonds. The van der Waals surface area contributed by atoms with E-state index in [9.17, 15) is 19.2 Å². The van der Waals surface area contributed by atoms with E-state index in [0.717, 1.165) is 26.1 Å².